The van der Waals surface area contributed by atoms with Crippen LogP contribution in [0.1, 0.15) is 76.1 Å². The number of carbonyl (C=O) groups is 2. The summed E-state index contributed by atoms with van der Waals surface area (Å²) >= 11 is 0. The van der Waals surface area contributed by atoms with Crippen LogP contribution in [-0.4, -0.2) is 56.3 Å². The number of aliphatic hydroxyl groups excluding tert-OH is 1. The van der Waals surface area contributed by atoms with E-state index in [0.29, 0.717) is 24.7 Å². The molecule has 0 fully saturated rings. The quantitative estimate of drug-likeness (QED) is 0.420. The zero-order valence-corrected chi connectivity index (χ0v) is 25.7. The zero-order valence-electron chi connectivity index (χ0n) is 25.7. The average Bonchev–Trinajstić information content (AvgIpc) is 2.86. The predicted octanol–water partition coefficient (Wildman–Crippen LogP) is 6.30. The Morgan fingerprint density at radius 1 is 1.07 bits per heavy atom. The third-order valence-electron chi connectivity index (χ3n) is 6.66. The number of halogens is 1. The summed E-state index contributed by atoms with van der Waals surface area (Å²) in [7, 11) is 4.53. The molecule has 2 N–H and O–H groups in total. The van der Waals surface area contributed by atoms with Gasteiger partial charge in [0, 0.05) is 45.5 Å². The van der Waals surface area contributed by atoms with Gasteiger partial charge in [-0.1, -0.05) is 26.0 Å². The molecule has 2 aromatic rings. The molecule has 1 aliphatic heterocycles. The first-order valence-corrected chi connectivity index (χ1v) is 13.6. The maximum absolute atomic E-state index is 13.8. The number of rotatable bonds is 5. The highest BCUT2D eigenvalue weighted by Crippen LogP contribution is 2.46. The van der Waals surface area contributed by atoms with Crippen molar-refractivity contribution in [1.29, 1.82) is 0 Å². The Hall–Kier alpha value is -2.87. The van der Waals surface area contributed by atoms with Crippen LogP contribution in [-0.2, 0) is 27.3 Å². The highest BCUT2D eigenvalue weighted by atomic mass is 19.1. The molecule has 0 atom stereocenters. The molecule has 2 aliphatic rings. The summed E-state index contributed by atoms with van der Waals surface area (Å²) in [4.78, 5) is 22.9. The molecule has 2 aromatic carbocycles. The van der Waals surface area contributed by atoms with Crippen LogP contribution in [0, 0.1) is 18.2 Å². The van der Waals surface area contributed by atoms with Crippen LogP contribution < -0.4 is 4.90 Å². The molecule has 0 unspecified atom stereocenters. The van der Waals surface area contributed by atoms with Gasteiger partial charge in [-0.05, 0) is 104 Å². The lowest BCUT2D eigenvalue weighted by Crippen LogP contribution is -2.24. The Bertz CT molecular complexity index is 1160. The number of anilines is 1. The molecular formula is C33H48FNO5. The van der Waals surface area contributed by atoms with E-state index in [1.54, 1.807) is 32.9 Å². The molecule has 1 heterocycles. The van der Waals surface area contributed by atoms with Gasteiger partial charge in [-0.15, -0.1) is 0 Å². The molecule has 0 aromatic heterocycles. The first-order chi connectivity index (χ1) is 18.7. The fourth-order valence-electron chi connectivity index (χ4n) is 4.86. The van der Waals surface area contributed by atoms with E-state index < -0.39 is 5.60 Å². The van der Waals surface area contributed by atoms with E-state index in [4.69, 9.17) is 10.2 Å². The number of ether oxygens (including phenoxy) is 1. The minimum absolute atomic E-state index is 0.192. The molecule has 6 nitrogen and oxygen atoms in total. The van der Waals surface area contributed by atoms with Gasteiger partial charge in [0.05, 0.1) is 5.60 Å². The van der Waals surface area contributed by atoms with Gasteiger partial charge in [-0.25, -0.2) is 4.39 Å². The maximum Gasteiger partial charge on any atom is 0.145 e. The number of methoxy groups -OCH3 is 1. The summed E-state index contributed by atoms with van der Waals surface area (Å²) in [5.41, 5.74) is 9.12. The van der Waals surface area contributed by atoms with Crippen LogP contribution in [0.4, 0.5) is 10.1 Å². The van der Waals surface area contributed by atoms with E-state index in [1.807, 2.05) is 13.1 Å². The number of aldehydes is 2. The Morgan fingerprint density at radius 2 is 1.70 bits per heavy atom. The minimum Gasteiger partial charge on any atom is -0.400 e. The van der Waals surface area contributed by atoms with Crippen LogP contribution in [0.3, 0.4) is 0 Å². The summed E-state index contributed by atoms with van der Waals surface area (Å²) < 4.78 is 18.1. The number of allylic oxidation sites excluding steroid dienone is 2. The van der Waals surface area contributed by atoms with Crippen molar-refractivity contribution in [2.24, 2.45) is 5.41 Å². The lowest BCUT2D eigenvalue weighted by molar-refractivity contribution is -0.111. The van der Waals surface area contributed by atoms with Gasteiger partial charge in [0.2, 0.25) is 0 Å². The van der Waals surface area contributed by atoms with Crippen molar-refractivity contribution in [3.8, 4) is 11.1 Å². The van der Waals surface area contributed by atoms with Crippen molar-refractivity contribution in [3.63, 3.8) is 0 Å². The Labute approximate surface area is 239 Å². The number of aliphatic hydroxyl groups is 2. The van der Waals surface area contributed by atoms with Crippen molar-refractivity contribution in [2.75, 3.05) is 32.8 Å². The van der Waals surface area contributed by atoms with E-state index in [0.717, 1.165) is 60.6 Å². The molecule has 40 heavy (non-hydrogen) atoms. The Balaban J connectivity index is 0.000000568. The molecule has 0 bridgehead atoms. The number of nitrogens with zero attached hydrogens (tertiary/aromatic N) is 1. The van der Waals surface area contributed by atoms with Crippen molar-refractivity contribution >= 4 is 23.8 Å². The fourth-order valence-corrected chi connectivity index (χ4v) is 4.86. The summed E-state index contributed by atoms with van der Waals surface area (Å²) in [6, 6.07) is 7.34. The number of benzene rings is 2. The molecule has 7 heteroatoms. The number of carbonyl (C=O) groups excluding carboxylic acids is 2. The van der Waals surface area contributed by atoms with E-state index in [1.165, 1.54) is 23.8 Å². The van der Waals surface area contributed by atoms with Crippen molar-refractivity contribution < 1.29 is 28.9 Å². The normalized spacial score (nSPS) is 14.9. The topological polar surface area (TPSA) is 87.1 Å². The van der Waals surface area contributed by atoms with Gasteiger partial charge in [-0.3, -0.25) is 0 Å². The van der Waals surface area contributed by atoms with Crippen molar-refractivity contribution in [3.05, 3.63) is 58.4 Å². The Morgan fingerprint density at radius 3 is 2.17 bits per heavy atom. The second kappa shape index (κ2) is 15.8. The van der Waals surface area contributed by atoms with Crippen molar-refractivity contribution in [1.82, 2.24) is 0 Å². The van der Waals surface area contributed by atoms with Crippen LogP contribution >= 0.6 is 0 Å². The summed E-state index contributed by atoms with van der Waals surface area (Å²) in [5.74, 6) is -0.192. The van der Waals surface area contributed by atoms with Crippen LogP contribution in [0.15, 0.2) is 30.3 Å². The summed E-state index contributed by atoms with van der Waals surface area (Å²) in [6.45, 7) is 12.9. The monoisotopic (exact) mass is 557 g/mol. The van der Waals surface area contributed by atoms with E-state index in [9.17, 15) is 14.0 Å². The lowest BCUT2D eigenvalue weighted by Gasteiger charge is -2.34. The standard InChI is InChI=1S/C25H28FNO.C4H10O.C3H6O2.CH4O/c1-16-20(9-12-28)22(17-7-10-25(2,3)11-8-17)14-23-21-6-5-19(26)13-18(21)15-27(4)24(16)23;1-4(2,3)5;1-5-3-2-4;1-2/h5-7,12-14H,8-11,15H2,1-4H3;5H,1-3H3;2H,3H2,1H3;2H,1H3. The van der Waals surface area contributed by atoms with Gasteiger partial charge in [-0.2, -0.15) is 0 Å². The predicted molar refractivity (Wildman–Crippen MR) is 162 cm³/mol. The van der Waals surface area contributed by atoms with Crippen molar-refractivity contribution in [2.45, 2.75) is 79.4 Å². The molecule has 222 valence electrons. The van der Waals surface area contributed by atoms with Gasteiger partial charge in [0.15, 0.2) is 0 Å². The highest BCUT2D eigenvalue weighted by molar-refractivity contribution is 5.90. The van der Waals surface area contributed by atoms with Gasteiger partial charge < -0.3 is 29.4 Å². The molecule has 0 amide bonds. The minimum atomic E-state index is -0.500. The molecule has 0 saturated carbocycles. The molecule has 0 spiro atoms. The zero-order chi connectivity index (χ0) is 30.7. The van der Waals surface area contributed by atoms with E-state index >= 15 is 0 Å². The third kappa shape index (κ3) is 10.3. The van der Waals surface area contributed by atoms with Gasteiger partial charge >= 0.3 is 0 Å². The van der Waals surface area contributed by atoms with Crippen LogP contribution in [0.5, 0.6) is 0 Å². The highest BCUT2D eigenvalue weighted by Gasteiger charge is 2.28. The van der Waals surface area contributed by atoms with E-state index in [-0.39, 0.29) is 12.4 Å². The first-order valence-electron chi connectivity index (χ1n) is 13.6. The third-order valence-corrected chi connectivity index (χ3v) is 6.66. The second-order valence-electron chi connectivity index (χ2n) is 11.8. The average molecular weight is 558 g/mol. The molecule has 4 rings (SSSR count). The smallest absolute Gasteiger partial charge is 0.145 e. The molecular weight excluding hydrogens is 509 g/mol. The van der Waals surface area contributed by atoms with Crippen LogP contribution in [0.25, 0.3) is 16.7 Å². The van der Waals surface area contributed by atoms with Gasteiger partial charge in [0.1, 0.15) is 25.0 Å². The Kier molecular flexibility index (Phi) is 13.9. The number of hydrogen-bond acceptors (Lipinski definition) is 6. The maximum atomic E-state index is 13.8. The van der Waals surface area contributed by atoms with Gasteiger partial charge in [0.25, 0.3) is 0 Å². The fraction of sp³-hybridized carbons (Fsp3) is 0.515. The molecule has 0 radical (unpaired) electrons. The number of fused-ring (bicyclic) bond motifs is 3. The second-order valence-corrected chi connectivity index (χ2v) is 11.8. The van der Waals surface area contributed by atoms with Crippen LogP contribution in [0.2, 0.25) is 0 Å². The number of hydrogen-bond donors (Lipinski definition) is 2. The summed E-state index contributed by atoms with van der Waals surface area (Å²) in [5, 5.41) is 15.5. The molecule has 1 aliphatic carbocycles. The molecule has 0 saturated heterocycles. The summed E-state index contributed by atoms with van der Waals surface area (Å²) in [6.07, 6.45) is 7.75. The largest absolute Gasteiger partial charge is 0.400 e. The first kappa shape index (κ1) is 35.2. The van der Waals surface area contributed by atoms with E-state index in [2.05, 4.69) is 42.6 Å². The SMILES string of the molecule is CC(C)(C)O.CO.COCC=O.Cc1c(CC=O)c(C2=CCC(C)(C)CC2)cc2c1N(C)Cc1cc(F)ccc1-2. The lowest BCUT2D eigenvalue weighted by atomic mass is 9.75.